The van der Waals surface area contributed by atoms with Crippen molar-refractivity contribution in [1.29, 1.82) is 0 Å². The molecule has 2 N–H and O–H groups in total. The standard InChI is InChI=1S/C20H21O8P/c21-18-14(11-20(23)12-17(18)26-19(20)22)13-25-29(24,27-15-7-3-1-4-8-15)28-16-9-5-2-6-10-16/h1-10,14,17-18,21,23H,11-13H2/t14-,17+,18+,20-/m0/s1. The van der Waals surface area contributed by atoms with Crippen molar-refractivity contribution in [2.24, 2.45) is 5.92 Å². The number of esters is 1. The quantitative estimate of drug-likeness (QED) is 0.520. The van der Waals surface area contributed by atoms with Crippen LogP contribution in [0.5, 0.6) is 11.5 Å². The zero-order chi connectivity index (χ0) is 20.5. The summed E-state index contributed by atoms with van der Waals surface area (Å²) in [6.07, 6.45) is -1.91. The van der Waals surface area contributed by atoms with Crippen molar-refractivity contribution in [2.45, 2.75) is 30.7 Å². The van der Waals surface area contributed by atoms with Gasteiger partial charge in [0.25, 0.3) is 0 Å². The van der Waals surface area contributed by atoms with Gasteiger partial charge in [0.2, 0.25) is 0 Å². The van der Waals surface area contributed by atoms with Crippen molar-refractivity contribution in [2.75, 3.05) is 6.61 Å². The van der Waals surface area contributed by atoms with Crippen LogP contribution in [0.2, 0.25) is 0 Å². The van der Waals surface area contributed by atoms with E-state index >= 15 is 0 Å². The van der Waals surface area contributed by atoms with E-state index in [-0.39, 0.29) is 30.9 Å². The highest BCUT2D eigenvalue weighted by Gasteiger charge is 2.57. The summed E-state index contributed by atoms with van der Waals surface area (Å²) in [5.41, 5.74) is -1.66. The first-order valence-corrected chi connectivity index (χ1v) is 10.7. The molecule has 154 valence electrons. The Morgan fingerprint density at radius 2 is 1.55 bits per heavy atom. The maximum absolute atomic E-state index is 13.3. The molecule has 0 spiro atoms. The van der Waals surface area contributed by atoms with Gasteiger partial charge >= 0.3 is 13.8 Å². The Morgan fingerprint density at radius 1 is 1.00 bits per heavy atom. The summed E-state index contributed by atoms with van der Waals surface area (Å²) in [6.45, 7) is -0.256. The lowest BCUT2D eigenvalue weighted by Gasteiger charge is -2.33. The second-order valence-corrected chi connectivity index (χ2v) is 8.70. The van der Waals surface area contributed by atoms with Crippen LogP contribution in [-0.4, -0.2) is 40.6 Å². The van der Waals surface area contributed by atoms with Crippen LogP contribution in [0.15, 0.2) is 60.7 Å². The van der Waals surface area contributed by atoms with Crippen molar-refractivity contribution in [1.82, 2.24) is 0 Å². The average molecular weight is 420 g/mol. The number of hydrogen-bond donors (Lipinski definition) is 2. The molecule has 2 aromatic carbocycles. The fourth-order valence-electron chi connectivity index (χ4n) is 3.56. The van der Waals surface area contributed by atoms with E-state index in [0.29, 0.717) is 0 Å². The predicted octanol–water partition coefficient (Wildman–Crippen LogP) is 2.70. The maximum Gasteiger partial charge on any atom is 0.587 e. The number of phosphoric acid groups is 1. The number of para-hydroxylation sites is 2. The van der Waals surface area contributed by atoms with Gasteiger partial charge in [-0.1, -0.05) is 36.4 Å². The lowest BCUT2D eigenvalue weighted by molar-refractivity contribution is -0.154. The minimum atomic E-state index is -4.13. The molecular weight excluding hydrogens is 399 g/mol. The molecule has 2 fully saturated rings. The van der Waals surface area contributed by atoms with Crippen LogP contribution in [0.25, 0.3) is 0 Å². The number of aliphatic hydroxyl groups is 2. The van der Waals surface area contributed by atoms with Gasteiger partial charge in [-0.2, -0.15) is 0 Å². The number of fused-ring (bicyclic) bond motifs is 2. The van der Waals surface area contributed by atoms with Crippen molar-refractivity contribution in [3.05, 3.63) is 60.7 Å². The van der Waals surface area contributed by atoms with Gasteiger partial charge in [0.05, 0.1) is 12.7 Å². The number of phosphoric ester groups is 1. The highest BCUT2D eigenvalue weighted by Crippen LogP contribution is 2.51. The molecule has 0 aromatic heterocycles. The van der Waals surface area contributed by atoms with Gasteiger partial charge in [0, 0.05) is 12.3 Å². The molecule has 2 aromatic rings. The third kappa shape index (κ3) is 4.31. The Balaban J connectivity index is 1.51. The number of ether oxygens (including phenoxy) is 1. The Morgan fingerprint density at radius 3 is 2.10 bits per heavy atom. The third-order valence-electron chi connectivity index (χ3n) is 5.01. The number of benzene rings is 2. The number of carbonyl (C=O) groups excluding carboxylic acids is 1. The van der Waals surface area contributed by atoms with Gasteiger partial charge in [0.15, 0.2) is 5.60 Å². The molecule has 1 aliphatic heterocycles. The SMILES string of the molecule is O=C1O[C@@H]2C[C@@]1(O)C[C@@H](COP(=O)(Oc1ccccc1)Oc1ccccc1)[C@H]2O. The first-order valence-electron chi connectivity index (χ1n) is 9.22. The van der Waals surface area contributed by atoms with Crippen LogP contribution in [-0.2, 0) is 18.6 Å². The molecule has 0 unspecified atom stereocenters. The molecule has 1 aliphatic carbocycles. The van der Waals surface area contributed by atoms with Crippen molar-refractivity contribution < 1.29 is 37.9 Å². The van der Waals surface area contributed by atoms with E-state index in [1.165, 1.54) is 0 Å². The Bertz CT molecular complexity index is 860. The second kappa shape index (κ2) is 7.80. The smallest absolute Gasteiger partial charge is 0.457 e. The lowest BCUT2D eigenvalue weighted by Crippen LogP contribution is -2.47. The molecule has 29 heavy (non-hydrogen) atoms. The van der Waals surface area contributed by atoms with Gasteiger partial charge < -0.3 is 24.0 Å². The van der Waals surface area contributed by atoms with Gasteiger partial charge in [-0.3, -0.25) is 4.52 Å². The van der Waals surface area contributed by atoms with Crippen LogP contribution in [0.1, 0.15) is 12.8 Å². The van der Waals surface area contributed by atoms with Gasteiger partial charge in [0.1, 0.15) is 17.6 Å². The van der Waals surface area contributed by atoms with Gasteiger partial charge in [-0.25, -0.2) is 9.36 Å². The summed E-state index contributed by atoms with van der Waals surface area (Å²) in [5.74, 6) is -0.869. The van der Waals surface area contributed by atoms with Crippen LogP contribution >= 0.6 is 7.82 Å². The van der Waals surface area contributed by atoms with Crippen LogP contribution in [0.4, 0.5) is 0 Å². The molecule has 9 heteroatoms. The molecule has 1 saturated carbocycles. The normalized spacial score (nSPS) is 28.6. The zero-order valence-electron chi connectivity index (χ0n) is 15.4. The van der Waals surface area contributed by atoms with Crippen LogP contribution in [0.3, 0.4) is 0 Å². The van der Waals surface area contributed by atoms with Crippen LogP contribution < -0.4 is 9.05 Å². The predicted molar refractivity (Wildman–Crippen MR) is 101 cm³/mol. The molecule has 1 saturated heterocycles. The highest BCUT2D eigenvalue weighted by atomic mass is 31.2. The molecule has 0 radical (unpaired) electrons. The third-order valence-corrected chi connectivity index (χ3v) is 6.34. The molecule has 2 aliphatic rings. The minimum absolute atomic E-state index is 0.0300. The van der Waals surface area contributed by atoms with E-state index < -0.39 is 37.5 Å². The van der Waals surface area contributed by atoms with Crippen molar-refractivity contribution in [3.63, 3.8) is 0 Å². The summed E-state index contributed by atoms with van der Waals surface area (Å²) < 4.78 is 34.9. The molecular formula is C20H21O8P. The second-order valence-electron chi connectivity index (χ2n) is 7.19. The molecule has 4 rings (SSSR count). The largest absolute Gasteiger partial charge is 0.587 e. The summed E-state index contributed by atoms with van der Waals surface area (Å²) >= 11 is 0. The zero-order valence-corrected chi connectivity index (χ0v) is 16.3. The Hall–Kier alpha value is -2.38. The fraction of sp³-hybridized carbons (Fsp3) is 0.350. The first-order chi connectivity index (χ1) is 13.9. The van der Waals surface area contributed by atoms with E-state index in [1.807, 2.05) is 0 Å². The molecule has 8 nitrogen and oxygen atoms in total. The van der Waals surface area contributed by atoms with E-state index in [2.05, 4.69) is 0 Å². The maximum atomic E-state index is 13.3. The summed E-state index contributed by atoms with van der Waals surface area (Å²) in [5, 5.41) is 20.8. The first kappa shape index (κ1) is 19.9. The van der Waals surface area contributed by atoms with Gasteiger partial charge in [-0.15, -0.1) is 0 Å². The number of carbonyl (C=O) groups is 1. The topological polar surface area (TPSA) is 112 Å². The van der Waals surface area contributed by atoms with E-state index in [9.17, 15) is 19.6 Å². The Kier molecular flexibility index (Phi) is 5.36. The molecule has 0 amide bonds. The minimum Gasteiger partial charge on any atom is -0.457 e. The highest BCUT2D eigenvalue weighted by molar-refractivity contribution is 7.49. The Labute approximate surface area is 167 Å². The lowest BCUT2D eigenvalue weighted by atomic mass is 9.77. The summed E-state index contributed by atoms with van der Waals surface area (Å²) in [4.78, 5) is 11.8. The van der Waals surface area contributed by atoms with E-state index in [1.54, 1.807) is 60.7 Å². The number of rotatable bonds is 7. The molecule has 1 heterocycles. The van der Waals surface area contributed by atoms with Crippen molar-refractivity contribution in [3.8, 4) is 11.5 Å². The fourth-order valence-corrected chi connectivity index (χ4v) is 4.83. The van der Waals surface area contributed by atoms with Gasteiger partial charge in [-0.05, 0) is 30.7 Å². The summed E-state index contributed by atoms with van der Waals surface area (Å²) in [6, 6.07) is 16.8. The van der Waals surface area contributed by atoms with Crippen LogP contribution in [0, 0.1) is 5.92 Å². The monoisotopic (exact) mass is 420 g/mol. The molecule has 2 bridgehead atoms. The average Bonchev–Trinajstić information content (AvgIpc) is 2.96. The van der Waals surface area contributed by atoms with Crippen molar-refractivity contribution >= 4 is 13.8 Å². The van der Waals surface area contributed by atoms with E-state index in [0.717, 1.165) is 0 Å². The number of hydrogen-bond acceptors (Lipinski definition) is 8. The summed E-state index contributed by atoms with van der Waals surface area (Å²) in [7, 11) is -4.13. The number of aliphatic hydroxyl groups excluding tert-OH is 1. The molecule has 4 atom stereocenters. The van der Waals surface area contributed by atoms with E-state index in [4.69, 9.17) is 18.3 Å².